The second kappa shape index (κ2) is 7.89. The van der Waals surface area contributed by atoms with Crippen LogP contribution in [0.25, 0.3) is 0 Å². The number of alkyl carbamates (subject to hydrolysis) is 1. The Balaban J connectivity index is 2.75. The van der Waals surface area contributed by atoms with Crippen LogP contribution >= 0.6 is 11.6 Å². The summed E-state index contributed by atoms with van der Waals surface area (Å²) in [5.41, 5.74) is 5.92. The van der Waals surface area contributed by atoms with Crippen LogP contribution in [0.5, 0.6) is 0 Å². The molecule has 1 aromatic rings. The Morgan fingerprint density at radius 1 is 1.41 bits per heavy atom. The molecule has 1 amide bonds. The first-order chi connectivity index (χ1) is 10.2. The zero-order valence-electron chi connectivity index (χ0n) is 13.0. The number of carbonyl (C=O) groups is 1. The number of hydrogen-bond donors (Lipinski definition) is 3. The maximum Gasteiger partial charge on any atom is 0.407 e. The monoisotopic (exact) mass is 327 g/mol. The van der Waals surface area contributed by atoms with Crippen LogP contribution in [-0.4, -0.2) is 28.8 Å². The fraction of sp³-hybridized carbons (Fsp3) is 0.467. The van der Waals surface area contributed by atoms with Gasteiger partial charge in [-0.2, -0.15) is 0 Å². The molecule has 1 aromatic carbocycles. The third-order valence-electron chi connectivity index (χ3n) is 2.70. The number of amides is 1. The molecule has 0 saturated heterocycles. The van der Waals surface area contributed by atoms with E-state index >= 15 is 0 Å². The Labute approximate surface area is 135 Å². The molecule has 1 atom stereocenters. The van der Waals surface area contributed by atoms with Crippen LogP contribution in [0.1, 0.15) is 32.8 Å². The molecular formula is C15H22ClN3O3. The van der Waals surface area contributed by atoms with Crippen LogP contribution in [0.15, 0.2) is 29.4 Å². The van der Waals surface area contributed by atoms with Crippen molar-refractivity contribution in [1.29, 1.82) is 0 Å². The summed E-state index contributed by atoms with van der Waals surface area (Å²) in [5, 5.41) is 15.0. The Bertz CT molecular complexity index is 524. The fourth-order valence-corrected chi connectivity index (χ4v) is 1.97. The number of rotatable bonds is 5. The number of amidine groups is 1. The summed E-state index contributed by atoms with van der Waals surface area (Å²) in [6.07, 6.45) is 0.169. The number of nitrogens with two attached hydrogens (primary N) is 1. The molecule has 4 N–H and O–H groups in total. The Morgan fingerprint density at radius 2 is 2.00 bits per heavy atom. The molecular weight excluding hydrogens is 306 g/mol. The predicted octanol–water partition coefficient (Wildman–Crippen LogP) is 2.91. The lowest BCUT2D eigenvalue weighted by atomic mass is 10.0. The number of halogens is 1. The highest BCUT2D eigenvalue weighted by molar-refractivity contribution is 6.30. The van der Waals surface area contributed by atoms with Gasteiger partial charge in [-0.1, -0.05) is 28.9 Å². The van der Waals surface area contributed by atoms with Crippen molar-refractivity contribution in [2.45, 2.75) is 45.3 Å². The zero-order chi connectivity index (χ0) is 16.8. The van der Waals surface area contributed by atoms with E-state index in [0.717, 1.165) is 5.56 Å². The van der Waals surface area contributed by atoms with Crippen molar-refractivity contribution in [3.63, 3.8) is 0 Å². The predicted molar refractivity (Wildman–Crippen MR) is 86.3 cm³/mol. The van der Waals surface area contributed by atoms with Crippen molar-refractivity contribution in [3.05, 3.63) is 34.9 Å². The van der Waals surface area contributed by atoms with Gasteiger partial charge in [0.15, 0.2) is 0 Å². The maximum atomic E-state index is 11.9. The second-order valence-corrected chi connectivity index (χ2v) is 6.41. The first kappa shape index (κ1) is 18.1. The lowest BCUT2D eigenvalue weighted by molar-refractivity contribution is 0.0505. The molecule has 0 unspecified atom stereocenters. The van der Waals surface area contributed by atoms with Crippen molar-refractivity contribution >= 4 is 23.5 Å². The van der Waals surface area contributed by atoms with Crippen LogP contribution in [0.2, 0.25) is 5.02 Å². The van der Waals surface area contributed by atoms with E-state index in [-0.39, 0.29) is 18.3 Å². The maximum absolute atomic E-state index is 11.9. The molecule has 22 heavy (non-hydrogen) atoms. The number of oxime groups is 1. The quantitative estimate of drug-likeness (QED) is 0.335. The summed E-state index contributed by atoms with van der Waals surface area (Å²) >= 11 is 5.85. The van der Waals surface area contributed by atoms with Gasteiger partial charge in [-0.15, -0.1) is 0 Å². The smallest absolute Gasteiger partial charge is 0.407 e. The van der Waals surface area contributed by atoms with E-state index in [9.17, 15) is 4.79 Å². The molecule has 0 fully saturated rings. The summed E-state index contributed by atoms with van der Waals surface area (Å²) in [5.74, 6) is 0.0371. The lowest BCUT2D eigenvalue weighted by Crippen LogP contribution is -2.42. The molecule has 6 nitrogen and oxygen atoms in total. The lowest BCUT2D eigenvalue weighted by Gasteiger charge is -2.23. The molecule has 0 saturated carbocycles. The van der Waals surface area contributed by atoms with E-state index in [1.54, 1.807) is 32.9 Å². The van der Waals surface area contributed by atoms with Gasteiger partial charge in [0, 0.05) is 17.5 Å². The molecule has 0 aromatic heterocycles. The Kier molecular flexibility index (Phi) is 6.49. The van der Waals surface area contributed by atoms with Crippen LogP contribution in [-0.2, 0) is 11.2 Å². The van der Waals surface area contributed by atoms with Crippen molar-refractivity contribution < 1.29 is 14.7 Å². The van der Waals surface area contributed by atoms with Crippen LogP contribution < -0.4 is 11.1 Å². The topological polar surface area (TPSA) is 96.9 Å². The van der Waals surface area contributed by atoms with Gasteiger partial charge in [0.1, 0.15) is 11.4 Å². The van der Waals surface area contributed by atoms with Gasteiger partial charge in [0.25, 0.3) is 0 Å². The number of nitrogens with zero attached hydrogens (tertiary/aromatic N) is 1. The Morgan fingerprint density at radius 3 is 2.50 bits per heavy atom. The van der Waals surface area contributed by atoms with Crippen LogP contribution in [0, 0.1) is 0 Å². The molecule has 0 aliphatic rings. The largest absolute Gasteiger partial charge is 0.444 e. The molecule has 0 spiro atoms. The molecule has 0 heterocycles. The summed E-state index contributed by atoms with van der Waals surface area (Å²) < 4.78 is 5.23. The van der Waals surface area contributed by atoms with Crippen molar-refractivity contribution in [3.8, 4) is 0 Å². The van der Waals surface area contributed by atoms with Crippen LogP contribution in [0.4, 0.5) is 4.79 Å². The first-order valence-corrected chi connectivity index (χ1v) is 7.28. The second-order valence-electron chi connectivity index (χ2n) is 5.97. The molecule has 1 rings (SSSR count). The van der Waals surface area contributed by atoms with Crippen molar-refractivity contribution in [2.75, 3.05) is 0 Å². The van der Waals surface area contributed by atoms with E-state index in [0.29, 0.717) is 11.4 Å². The highest BCUT2D eigenvalue weighted by Crippen LogP contribution is 2.13. The average molecular weight is 328 g/mol. The number of ether oxygens (including phenoxy) is 1. The molecule has 0 radical (unpaired) electrons. The van der Waals surface area contributed by atoms with E-state index in [4.69, 9.17) is 27.3 Å². The van der Waals surface area contributed by atoms with Gasteiger partial charge in [0.2, 0.25) is 0 Å². The Hall–Kier alpha value is -1.95. The van der Waals surface area contributed by atoms with Crippen molar-refractivity contribution in [1.82, 2.24) is 5.32 Å². The summed E-state index contributed by atoms with van der Waals surface area (Å²) in [7, 11) is 0. The third kappa shape index (κ3) is 7.17. The molecule has 122 valence electrons. The van der Waals surface area contributed by atoms with Gasteiger partial charge >= 0.3 is 6.09 Å². The normalized spacial score (nSPS) is 13.5. The summed E-state index contributed by atoms with van der Waals surface area (Å²) in [4.78, 5) is 11.9. The minimum absolute atomic E-state index is 0.0371. The van der Waals surface area contributed by atoms with Gasteiger partial charge in [-0.3, -0.25) is 0 Å². The zero-order valence-corrected chi connectivity index (χ0v) is 13.7. The van der Waals surface area contributed by atoms with Crippen LogP contribution in [0.3, 0.4) is 0 Å². The molecule has 7 heteroatoms. The van der Waals surface area contributed by atoms with Crippen molar-refractivity contribution in [2.24, 2.45) is 10.9 Å². The SMILES string of the molecule is CC(C)(C)OC(=O)N[C@H](C/C(N)=N/O)Cc1ccc(Cl)cc1. The number of hydrogen-bond acceptors (Lipinski definition) is 4. The fourth-order valence-electron chi connectivity index (χ4n) is 1.85. The van der Waals surface area contributed by atoms with E-state index in [2.05, 4.69) is 10.5 Å². The number of benzene rings is 1. The third-order valence-corrected chi connectivity index (χ3v) is 2.95. The van der Waals surface area contributed by atoms with E-state index < -0.39 is 11.7 Å². The number of carbonyl (C=O) groups excluding carboxylic acids is 1. The highest BCUT2D eigenvalue weighted by Gasteiger charge is 2.20. The summed E-state index contributed by atoms with van der Waals surface area (Å²) in [6, 6.07) is 6.90. The van der Waals surface area contributed by atoms with E-state index in [1.807, 2.05) is 12.1 Å². The number of nitrogens with one attached hydrogen (secondary N) is 1. The van der Waals surface area contributed by atoms with Gasteiger partial charge < -0.3 is 21.0 Å². The molecule has 0 aliphatic carbocycles. The minimum atomic E-state index is -0.592. The first-order valence-electron chi connectivity index (χ1n) is 6.90. The van der Waals surface area contributed by atoms with Gasteiger partial charge in [0.05, 0.1) is 0 Å². The standard InChI is InChI=1S/C15H22ClN3O3/c1-15(2,3)22-14(20)18-12(9-13(17)19-21)8-10-4-6-11(16)7-5-10/h4-7,12,21H,8-9H2,1-3H3,(H2,17,19)(H,18,20)/t12-/m0/s1. The summed E-state index contributed by atoms with van der Waals surface area (Å²) in [6.45, 7) is 5.35. The molecule has 0 aliphatic heterocycles. The molecule has 0 bridgehead atoms. The minimum Gasteiger partial charge on any atom is -0.444 e. The van der Waals surface area contributed by atoms with Gasteiger partial charge in [-0.25, -0.2) is 4.79 Å². The van der Waals surface area contributed by atoms with E-state index in [1.165, 1.54) is 0 Å². The average Bonchev–Trinajstić information content (AvgIpc) is 2.38. The highest BCUT2D eigenvalue weighted by atomic mass is 35.5. The van der Waals surface area contributed by atoms with Gasteiger partial charge in [-0.05, 0) is 44.9 Å².